The quantitative estimate of drug-likeness (QED) is 0.711. The lowest BCUT2D eigenvalue weighted by molar-refractivity contribution is 0.125. The van der Waals surface area contributed by atoms with E-state index in [1.165, 1.54) is 11.1 Å². The van der Waals surface area contributed by atoms with Crippen LogP contribution in [0.15, 0.2) is 40.1 Å². The van der Waals surface area contributed by atoms with Crippen molar-refractivity contribution in [1.29, 1.82) is 0 Å². The van der Waals surface area contributed by atoms with Gasteiger partial charge in [0.1, 0.15) is 0 Å². The second-order valence-electron chi connectivity index (χ2n) is 9.54. The summed E-state index contributed by atoms with van der Waals surface area (Å²) < 4.78 is 1.61. The van der Waals surface area contributed by atoms with Crippen LogP contribution < -0.4 is 11.2 Å². The van der Waals surface area contributed by atoms with Crippen molar-refractivity contribution in [2.24, 2.45) is 0 Å². The van der Waals surface area contributed by atoms with Gasteiger partial charge >= 0.3 is 5.69 Å². The molecule has 2 aromatic rings. The molecule has 0 amide bonds. The highest BCUT2D eigenvalue weighted by atomic mass is 16.2. The highest BCUT2D eigenvalue weighted by Crippen LogP contribution is 2.22. The summed E-state index contributed by atoms with van der Waals surface area (Å²) in [4.78, 5) is 30.7. The minimum atomic E-state index is -0.310. The molecule has 164 valence electrons. The molecular weight excluding hydrogens is 376 g/mol. The van der Waals surface area contributed by atoms with E-state index in [9.17, 15) is 9.59 Å². The molecule has 0 spiro atoms. The van der Waals surface area contributed by atoms with Crippen molar-refractivity contribution in [3.05, 3.63) is 68.0 Å². The van der Waals surface area contributed by atoms with Crippen LogP contribution >= 0.6 is 0 Å². The minimum absolute atomic E-state index is 0.203. The SMILES string of the molecule is Cc1cn(CCCCN2CCN(Cc3ccc(C(C)(C)C)cc3)CC2)c(=O)[nH]c1=O. The number of hydrogen-bond acceptors (Lipinski definition) is 4. The van der Waals surface area contributed by atoms with Crippen molar-refractivity contribution in [2.45, 2.75) is 59.0 Å². The van der Waals surface area contributed by atoms with Gasteiger partial charge in [0.05, 0.1) is 0 Å². The number of nitrogens with one attached hydrogen (secondary N) is 1. The maximum absolute atomic E-state index is 11.8. The van der Waals surface area contributed by atoms with Crippen molar-refractivity contribution in [3.8, 4) is 0 Å². The van der Waals surface area contributed by atoms with Crippen LogP contribution in [0, 0.1) is 6.92 Å². The Kier molecular flexibility index (Phi) is 7.32. The Morgan fingerprint density at radius 3 is 2.13 bits per heavy atom. The number of hydrogen-bond donors (Lipinski definition) is 1. The molecule has 0 aliphatic carbocycles. The van der Waals surface area contributed by atoms with E-state index in [0.29, 0.717) is 12.1 Å². The number of aromatic nitrogens is 2. The van der Waals surface area contributed by atoms with E-state index in [0.717, 1.165) is 52.1 Å². The molecule has 0 radical (unpaired) electrons. The standard InChI is InChI=1S/C24H36N4O2/c1-19-17-28(23(30)25-22(19)29)12-6-5-11-26-13-15-27(16-14-26)18-20-7-9-21(10-8-20)24(2,3)4/h7-10,17H,5-6,11-16,18H2,1-4H3,(H,25,29,30). The molecule has 3 rings (SSSR count). The van der Waals surface area contributed by atoms with Gasteiger partial charge in [0, 0.05) is 51.0 Å². The van der Waals surface area contributed by atoms with Gasteiger partial charge in [0.2, 0.25) is 0 Å². The Labute approximate surface area is 179 Å². The Morgan fingerprint density at radius 1 is 0.900 bits per heavy atom. The van der Waals surface area contributed by atoms with Crippen LogP contribution in [0.5, 0.6) is 0 Å². The fourth-order valence-electron chi connectivity index (χ4n) is 3.94. The average molecular weight is 413 g/mol. The van der Waals surface area contributed by atoms with Crippen molar-refractivity contribution in [1.82, 2.24) is 19.4 Å². The molecule has 6 nitrogen and oxygen atoms in total. The lowest BCUT2D eigenvalue weighted by Crippen LogP contribution is -2.46. The van der Waals surface area contributed by atoms with Crippen LogP contribution in [0.1, 0.15) is 50.3 Å². The minimum Gasteiger partial charge on any atom is -0.301 e. The van der Waals surface area contributed by atoms with E-state index in [2.05, 4.69) is 59.8 Å². The van der Waals surface area contributed by atoms with Gasteiger partial charge in [-0.1, -0.05) is 45.0 Å². The van der Waals surface area contributed by atoms with Gasteiger partial charge in [0.15, 0.2) is 0 Å². The van der Waals surface area contributed by atoms with E-state index in [1.807, 2.05) is 0 Å². The zero-order valence-electron chi connectivity index (χ0n) is 18.9. The summed E-state index contributed by atoms with van der Waals surface area (Å²) in [7, 11) is 0. The number of aromatic amines is 1. The lowest BCUT2D eigenvalue weighted by Gasteiger charge is -2.34. The highest BCUT2D eigenvalue weighted by molar-refractivity contribution is 5.27. The molecule has 1 aliphatic heterocycles. The highest BCUT2D eigenvalue weighted by Gasteiger charge is 2.17. The number of H-pyrrole nitrogens is 1. The molecule has 1 aromatic heterocycles. The van der Waals surface area contributed by atoms with Gasteiger partial charge in [-0.15, -0.1) is 0 Å². The average Bonchev–Trinajstić information content (AvgIpc) is 2.70. The van der Waals surface area contributed by atoms with Gasteiger partial charge in [-0.3, -0.25) is 14.7 Å². The first-order valence-electron chi connectivity index (χ1n) is 11.1. The molecule has 0 atom stereocenters. The van der Waals surface area contributed by atoms with Crippen LogP contribution in [-0.2, 0) is 18.5 Å². The van der Waals surface area contributed by atoms with Crippen LogP contribution in [-0.4, -0.2) is 52.1 Å². The zero-order chi connectivity index (χ0) is 21.7. The number of rotatable bonds is 7. The Bertz CT molecular complexity index is 929. The van der Waals surface area contributed by atoms with Crippen LogP contribution in [0.25, 0.3) is 0 Å². The summed E-state index contributed by atoms with van der Waals surface area (Å²) in [6.07, 6.45) is 3.65. The summed E-state index contributed by atoms with van der Waals surface area (Å²) in [5, 5.41) is 0. The molecular formula is C24H36N4O2. The monoisotopic (exact) mass is 412 g/mol. The number of aryl methyl sites for hydroxylation is 2. The maximum atomic E-state index is 11.8. The Balaban J connectivity index is 1.37. The number of benzene rings is 1. The molecule has 6 heteroatoms. The van der Waals surface area contributed by atoms with Gasteiger partial charge in [-0.25, -0.2) is 4.79 Å². The van der Waals surface area contributed by atoms with Gasteiger partial charge in [-0.2, -0.15) is 0 Å². The predicted octanol–water partition coefficient (Wildman–Crippen LogP) is 2.74. The molecule has 1 saturated heterocycles. The lowest BCUT2D eigenvalue weighted by atomic mass is 9.87. The third kappa shape index (κ3) is 6.16. The maximum Gasteiger partial charge on any atom is 0.328 e. The number of piperazine rings is 1. The van der Waals surface area contributed by atoms with Crippen LogP contribution in [0.2, 0.25) is 0 Å². The molecule has 30 heavy (non-hydrogen) atoms. The summed E-state index contributed by atoms with van der Waals surface area (Å²) in [5.41, 5.74) is 2.95. The topological polar surface area (TPSA) is 61.3 Å². The Morgan fingerprint density at radius 2 is 1.50 bits per heavy atom. The van der Waals surface area contributed by atoms with E-state index in [1.54, 1.807) is 17.7 Å². The number of nitrogens with zero attached hydrogens (tertiary/aromatic N) is 3. The third-order valence-corrected chi connectivity index (χ3v) is 6.00. The zero-order valence-corrected chi connectivity index (χ0v) is 18.9. The van der Waals surface area contributed by atoms with E-state index < -0.39 is 0 Å². The third-order valence-electron chi connectivity index (χ3n) is 6.00. The smallest absolute Gasteiger partial charge is 0.301 e. The molecule has 1 aromatic carbocycles. The summed E-state index contributed by atoms with van der Waals surface area (Å²) in [6, 6.07) is 9.07. The van der Waals surface area contributed by atoms with Gasteiger partial charge < -0.3 is 9.47 Å². The fourth-order valence-corrected chi connectivity index (χ4v) is 3.94. The molecule has 0 unspecified atom stereocenters. The molecule has 1 fully saturated rings. The van der Waals surface area contributed by atoms with E-state index >= 15 is 0 Å². The van der Waals surface area contributed by atoms with Gasteiger partial charge in [-0.05, 0) is 42.9 Å². The second kappa shape index (κ2) is 9.75. The van der Waals surface area contributed by atoms with Crippen LogP contribution in [0.3, 0.4) is 0 Å². The van der Waals surface area contributed by atoms with Gasteiger partial charge in [0.25, 0.3) is 5.56 Å². The summed E-state index contributed by atoms with van der Waals surface area (Å²) in [6.45, 7) is 15.6. The molecule has 0 bridgehead atoms. The van der Waals surface area contributed by atoms with Crippen molar-refractivity contribution in [3.63, 3.8) is 0 Å². The van der Waals surface area contributed by atoms with Crippen molar-refractivity contribution >= 4 is 0 Å². The predicted molar refractivity (Wildman–Crippen MR) is 122 cm³/mol. The van der Waals surface area contributed by atoms with Crippen molar-refractivity contribution < 1.29 is 0 Å². The largest absolute Gasteiger partial charge is 0.328 e. The molecule has 0 saturated carbocycles. The summed E-state index contributed by atoms with van der Waals surface area (Å²) in [5.74, 6) is 0. The molecule has 1 N–H and O–H groups in total. The molecule has 1 aliphatic rings. The van der Waals surface area contributed by atoms with Crippen molar-refractivity contribution in [2.75, 3.05) is 32.7 Å². The molecule has 2 heterocycles. The van der Waals surface area contributed by atoms with Crippen LogP contribution in [0.4, 0.5) is 0 Å². The number of unbranched alkanes of at least 4 members (excludes halogenated alkanes) is 1. The normalized spacial score (nSPS) is 16.1. The first kappa shape index (κ1) is 22.5. The Hall–Kier alpha value is -2.18. The fraction of sp³-hybridized carbons (Fsp3) is 0.583. The first-order chi connectivity index (χ1) is 14.2. The summed E-state index contributed by atoms with van der Waals surface area (Å²) >= 11 is 0. The first-order valence-corrected chi connectivity index (χ1v) is 11.1. The van der Waals surface area contributed by atoms with E-state index in [-0.39, 0.29) is 16.7 Å². The second-order valence-corrected chi connectivity index (χ2v) is 9.54. The van der Waals surface area contributed by atoms with E-state index in [4.69, 9.17) is 0 Å².